The van der Waals surface area contributed by atoms with Gasteiger partial charge in [0, 0.05) is 0 Å². The molecule has 2 amide bonds. The Morgan fingerprint density at radius 2 is 1.80 bits per heavy atom. The molecule has 0 aromatic rings. The number of quaternary nitrogens is 1. The van der Waals surface area contributed by atoms with E-state index in [4.69, 9.17) is 5.11 Å². The zero-order valence-corrected chi connectivity index (χ0v) is 10.2. The Kier molecular flexibility index (Phi) is 6.01. The first kappa shape index (κ1) is 14.0. The minimum atomic E-state index is -1.66. The third-order valence-corrected chi connectivity index (χ3v) is 3.57. The Bertz CT molecular complexity index is 288. The van der Waals surface area contributed by atoms with E-state index >= 15 is 0 Å². The SMILES string of the molecule is CC(=O)COC(=O)[I-][NH+](C(C)=O)C(=O)O. The van der Waals surface area contributed by atoms with Gasteiger partial charge in [-0.15, -0.1) is 0 Å². The second-order valence-electron chi connectivity index (χ2n) is 2.50. The molecular weight excluding hydrogens is 321 g/mol. The molecule has 0 aliphatic rings. The van der Waals surface area contributed by atoms with Crippen LogP contribution in [0, 0.1) is 0 Å². The number of ketones is 1. The summed E-state index contributed by atoms with van der Waals surface area (Å²) in [5.41, 5.74) is 0. The first-order valence-electron chi connectivity index (χ1n) is 3.76. The molecule has 0 spiro atoms. The summed E-state index contributed by atoms with van der Waals surface area (Å²) in [4.78, 5) is 42.8. The predicted octanol–water partition coefficient (Wildman–Crippen LogP) is -4.17. The van der Waals surface area contributed by atoms with E-state index in [-0.39, 0.29) is 12.4 Å². The number of hydrogen-bond donors (Lipinski definition) is 2. The van der Waals surface area contributed by atoms with Gasteiger partial charge in [-0.1, -0.05) is 0 Å². The number of rotatable bonds is 4. The number of carbonyl (C=O) groups is 4. The molecule has 0 aliphatic heterocycles. The van der Waals surface area contributed by atoms with Crippen LogP contribution >= 0.6 is 0 Å². The third kappa shape index (κ3) is 6.12. The molecule has 15 heavy (non-hydrogen) atoms. The van der Waals surface area contributed by atoms with Crippen molar-refractivity contribution in [3.05, 3.63) is 0 Å². The molecule has 1 atom stereocenters. The summed E-state index contributed by atoms with van der Waals surface area (Å²) in [6, 6.07) is 0. The van der Waals surface area contributed by atoms with Gasteiger partial charge < -0.3 is 0 Å². The van der Waals surface area contributed by atoms with E-state index < -0.39 is 40.6 Å². The molecule has 0 bridgehead atoms. The van der Waals surface area contributed by atoms with Crippen molar-refractivity contribution in [3.8, 4) is 0 Å². The summed E-state index contributed by atoms with van der Waals surface area (Å²) in [6.45, 7) is 1.92. The Hall–Kier alpha value is -1.03. The monoisotopic (exact) mass is 331 g/mol. The van der Waals surface area contributed by atoms with Gasteiger partial charge in [-0.3, -0.25) is 0 Å². The van der Waals surface area contributed by atoms with Crippen LogP contribution in [0.5, 0.6) is 0 Å². The van der Waals surface area contributed by atoms with Crippen LogP contribution in [0.4, 0.5) is 9.59 Å². The van der Waals surface area contributed by atoms with Crippen molar-refractivity contribution in [2.45, 2.75) is 13.8 Å². The van der Waals surface area contributed by atoms with Gasteiger partial charge in [0.25, 0.3) is 0 Å². The van der Waals surface area contributed by atoms with Crippen LogP contribution in [0.25, 0.3) is 0 Å². The Labute approximate surface area is 96.0 Å². The van der Waals surface area contributed by atoms with Crippen molar-refractivity contribution in [2.24, 2.45) is 0 Å². The standard InChI is InChI=1S/C7H10INO6/c1-4(10)3-15-6(12)8-9(5(2)11)7(13)14/h9H,3H2,1-2H3,(H,13,14). The second kappa shape index (κ2) is 6.45. The first-order valence-corrected chi connectivity index (χ1v) is 5.92. The number of imide groups is 1. The summed E-state index contributed by atoms with van der Waals surface area (Å²) in [5, 5.41) is 8.56. The molecule has 1 unspecified atom stereocenters. The maximum absolute atomic E-state index is 11.0. The quantitative estimate of drug-likeness (QED) is 0.308. The van der Waals surface area contributed by atoms with Gasteiger partial charge in [-0.25, -0.2) is 0 Å². The fourth-order valence-corrected chi connectivity index (χ4v) is 1.88. The van der Waals surface area contributed by atoms with Crippen molar-refractivity contribution in [2.75, 3.05) is 6.61 Å². The summed E-state index contributed by atoms with van der Waals surface area (Å²) in [5.74, 6) is -0.998. The fraction of sp³-hybridized carbons (Fsp3) is 0.429. The first-order chi connectivity index (χ1) is 6.84. The average Bonchev–Trinajstić information content (AvgIpc) is 2.09. The van der Waals surface area contributed by atoms with Gasteiger partial charge >= 0.3 is 95.8 Å². The van der Waals surface area contributed by atoms with Crippen molar-refractivity contribution in [1.29, 1.82) is 0 Å². The summed E-state index contributed by atoms with van der Waals surface area (Å²) in [6.07, 6.45) is -1.41. The van der Waals surface area contributed by atoms with Gasteiger partial charge in [0.05, 0.1) is 0 Å². The molecule has 0 aromatic heterocycles. The molecular formula is C7H10INO6. The zero-order valence-electron chi connectivity index (χ0n) is 8.07. The molecule has 86 valence electrons. The van der Waals surface area contributed by atoms with Crippen LogP contribution in [-0.2, 0) is 14.3 Å². The van der Waals surface area contributed by atoms with Gasteiger partial charge in [0.2, 0.25) is 0 Å². The number of ether oxygens (including phenoxy) is 1. The van der Waals surface area contributed by atoms with Gasteiger partial charge in [-0.05, 0) is 0 Å². The minimum absolute atomic E-state index is 0.341. The molecule has 0 aromatic carbocycles. The maximum atomic E-state index is 11.0. The van der Waals surface area contributed by atoms with E-state index in [1.807, 2.05) is 0 Å². The Balaban J connectivity index is 4.18. The molecule has 0 fully saturated rings. The Morgan fingerprint density at radius 1 is 1.27 bits per heavy atom. The third-order valence-electron chi connectivity index (χ3n) is 1.06. The van der Waals surface area contributed by atoms with Crippen LogP contribution in [0.15, 0.2) is 0 Å². The van der Waals surface area contributed by atoms with E-state index in [0.717, 1.165) is 6.92 Å². The number of nitrogens with one attached hydrogen (secondary N) is 1. The number of amides is 2. The summed E-state index contributed by atoms with van der Waals surface area (Å²) < 4.78 is 3.22. The van der Waals surface area contributed by atoms with Crippen LogP contribution in [-0.4, -0.2) is 33.5 Å². The van der Waals surface area contributed by atoms with Crippen LogP contribution in [0.2, 0.25) is 0 Å². The second-order valence-corrected chi connectivity index (χ2v) is 5.00. The van der Waals surface area contributed by atoms with Crippen LogP contribution in [0.1, 0.15) is 13.8 Å². The number of halogens is 1. The molecule has 0 radical (unpaired) electrons. The van der Waals surface area contributed by atoms with Crippen molar-refractivity contribution >= 4 is 21.8 Å². The van der Waals surface area contributed by atoms with Crippen molar-refractivity contribution in [3.63, 3.8) is 0 Å². The molecule has 0 saturated carbocycles. The van der Waals surface area contributed by atoms with Crippen molar-refractivity contribution in [1.82, 2.24) is 0 Å². The van der Waals surface area contributed by atoms with Crippen LogP contribution in [0.3, 0.4) is 0 Å². The molecule has 0 heterocycles. The Morgan fingerprint density at radius 3 is 2.13 bits per heavy atom. The number of carboxylic acid groups (broad SMARTS) is 1. The molecule has 2 N–H and O–H groups in total. The molecule has 0 aliphatic carbocycles. The average molecular weight is 331 g/mol. The molecule has 8 heteroatoms. The van der Waals surface area contributed by atoms with Gasteiger partial charge in [0.15, 0.2) is 0 Å². The van der Waals surface area contributed by atoms with E-state index in [1.54, 1.807) is 0 Å². The number of Topliss-reactive ketones (excluding diaryl/α,β-unsaturated/α-hetero) is 1. The zero-order chi connectivity index (χ0) is 12.0. The predicted molar refractivity (Wildman–Crippen MR) is 41.7 cm³/mol. The summed E-state index contributed by atoms with van der Waals surface area (Å²) in [7, 11) is 0. The fourth-order valence-electron chi connectivity index (χ4n) is 0.520. The van der Waals surface area contributed by atoms with Gasteiger partial charge in [-0.2, -0.15) is 0 Å². The molecule has 0 rings (SSSR count). The molecule has 7 nitrogen and oxygen atoms in total. The van der Waals surface area contributed by atoms with E-state index in [1.165, 1.54) is 6.92 Å². The topological polar surface area (TPSA) is 102 Å². The van der Waals surface area contributed by atoms with E-state index in [0.29, 0.717) is 0 Å². The van der Waals surface area contributed by atoms with E-state index in [2.05, 4.69) is 4.74 Å². The normalized spacial score (nSPS) is 11.9. The number of hydrogen-bond acceptors (Lipinski definition) is 5. The molecule has 0 saturated heterocycles. The van der Waals surface area contributed by atoms with E-state index in [9.17, 15) is 19.2 Å². The van der Waals surface area contributed by atoms with Crippen LogP contribution < -0.4 is 24.6 Å². The van der Waals surface area contributed by atoms with Gasteiger partial charge in [0.1, 0.15) is 0 Å². The number of carbonyl (C=O) groups excluding carboxylic acids is 3. The summed E-state index contributed by atoms with van der Waals surface area (Å²) >= 11 is -1.66. The van der Waals surface area contributed by atoms with Crippen molar-refractivity contribution < 1.29 is 53.6 Å².